The lowest BCUT2D eigenvalue weighted by Gasteiger charge is -2.40. The molecule has 3 heteroatoms. The van der Waals surface area contributed by atoms with E-state index >= 15 is 0 Å². The van der Waals surface area contributed by atoms with Crippen LogP contribution in [0.3, 0.4) is 0 Å². The molecule has 3 nitrogen and oxygen atoms in total. The van der Waals surface area contributed by atoms with Gasteiger partial charge in [0.2, 0.25) is 0 Å². The second-order valence-corrected chi connectivity index (χ2v) is 8.98. The summed E-state index contributed by atoms with van der Waals surface area (Å²) in [5.41, 5.74) is 6.03. The molecule has 2 aromatic carbocycles. The van der Waals surface area contributed by atoms with Gasteiger partial charge in [0.1, 0.15) is 12.0 Å². The fourth-order valence-corrected chi connectivity index (χ4v) is 4.75. The van der Waals surface area contributed by atoms with Crippen molar-refractivity contribution in [2.45, 2.75) is 56.0 Å². The maximum Gasteiger partial charge on any atom is 0.141 e. The number of nitrogens with zero attached hydrogens (tertiary/aromatic N) is 1. The molecule has 5 rings (SSSR count). The molecule has 27 heavy (non-hydrogen) atoms. The summed E-state index contributed by atoms with van der Waals surface area (Å²) in [5.74, 6) is 0.870. The maximum atomic E-state index is 12.1. The third-order valence-corrected chi connectivity index (χ3v) is 7.07. The number of methoxy groups -OCH3 is 1. The highest BCUT2D eigenvalue weighted by molar-refractivity contribution is 5.66. The Balaban J connectivity index is 1.48. The first-order valence-electron chi connectivity index (χ1n) is 10.0. The Bertz CT molecular complexity index is 878. The van der Waals surface area contributed by atoms with E-state index < -0.39 is 0 Å². The second kappa shape index (κ2) is 5.93. The van der Waals surface area contributed by atoms with Gasteiger partial charge < -0.3 is 9.53 Å². The van der Waals surface area contributed by atoms with Crippen LogP contribution in [0.1, 0.15) is 60.9 Å². The average molecular weight is 361 g/mol. The normalized spacial score (nSPS) is 24.3. The number of carbonyl (C=O) groups excluding carboxylic acids is 1. The summed E-state index contributed by atoms with van der Waals surface area (Å²) in [4.78, 5) is 14.5. The molecular weight excluding hydrogens is 334 g/mol. The predicted molar refractivity (Wildman–Crippen MR) is 106 cm³/mol. The lowest BCUT2D eigenvalue weighted by Crippen LogP contribution is -2.41. The number of aldehydes is 1. The molecule has 2 saturated carbocycles. The summed E-state index contributed by atoms with van der Waals surface area (Å²) >= 11 is 0. The summed E-state index contributed by atoms with van der Waals surface area (Å²) in [7, 11) is 1.69. The quantitative estimate of drug-likeness (QED) is 0.733. The topological polar surface area (TPSA) is 29.5 Å². The number of rotatable bonds is 5. The van der Waals surface area contributed by atoms with Crippen LogP contribution >= 0.6 is 0 Å². The minimum Gasteiger partial charge on any atom is -0.497 e. The van der Waals surface area contributed by atoms with E-state index in [2.05, 4.69) is 42.2 Å². The minimum absolute atomic E-state index is 0.144. The van der Waals surface area contributed by atoms with Gasteiger partial charge in [-0.3, -0.25) is 4.90 Å². The number of hydrogen-bond donors (Lipinski definition) is 0. The van der Waals surface area contributed by atoms with Crippen LogP contribution < -0.4 is 4.74 Å². The Kier molecular flexibility index (Phi) is 3.74. The monoisotopic (exact) mass is 361 g/mol. The Morgan fingerprint density at radius 3 is 2.44 bits per heavy atom. The Labute approximate surface area is 161 Å². The minimum atomic E-state index is -0.144. The molecule has 1 heterocycles. The van der Waals surface area contributed by atoms with Gasteiger partial charge in [0.05, 0.1) is 13.2 Å². The Hall–Kier alpha value is -2.13. The zero-order chi connectivity index (χ0) is 18.6. The molecule has 1 unspecified atom stereocenters. The lowest BCUT2D eigenvalue weighted by molar-refractivity contribution is -0.113. The Morgan fingerprint density at radius 2 is 1.85 bits per heavy atom. The fraction of sp³-hybridized carbons (Fsp3) is 0.458. The van der Waals surface area contributed by atoms with Gasteiger partial charge in [-0.1, -0.05) is 37.3 Å². The van der Waals surface area contributed by atoms with E-state index in [1.807, 2.05) is 12.1 Å². The van der Waals surface area contributed by atoms with E-state index in [-0.39, 0.29) is 11.5 Å². The molecule has 0 aromatic heterocycles. The van der Waals surface area contributed by atoms with Gasteiger partial charge in [0.15, 0.2) is 0 Å². The van der Waals surface area contributed by atoms with Crippen molar-refractivity contribution in [2.75, 3.05) is 13.7 Å². The van der Waals surface area contributed by atoms with E-state index in [0.717, 1.165) is 25.1 Å². The van der Waals surface area contributed by atoms with Crippen LogP contribution in [0.4, 0.5) is 0 Å². The molecule has 0 bridgehead atoms. The van der Waals surface area contributed by atoms with Crippen molar-refractivity contribution in [2.24, 2.45) is 0 Å². The zero-order valence-electron chi connectivity index (χ0n) is 16.2. The van der Waals surface area contributed by atoms with E-state index in [1.165, 1.54) is 47.9 Å². The summed E-state index contributed by atoms with van der Waals surface area (Å²) < 4.78 is 5.26. The van der Waals surface area contributed by atoms with Crippen LogP contribution in [0.5, 0.6) is 5.75 Å². The van der Waals surface area contributed by atoms with E-state index in [0.29, 0.717) is 5.41 Å². The maximum absolute atomic E-state index is 12.1. The molecule has 0 radical (unpaired) electrons. The first-order chi connectivity index (χ1) is 13.1. The summed E-state index contributed by atoms with van der Waals surface area (Å²) in [5, 5.41) is 0. The number of benzene rings is 2. The van der Waals surface area contributed by atoms with Crippen molar-refractivity contribution in [3.05, 3.63) is 64.7 Å². The highest BCUT2D eigenvalue weighted by atomic mass is 16.5. The number of ether oxygens (including phenoxy) is 1. The van der Waals surface area contributed by atoms with Gasteiger partial charge in [0, 0.05) is 18.5 Å². The van der Waals surface area contributed by atoms with Gasteiger partial charge in [0.25, 0.3) is 0 Å². The second-order valence-electron chi connectivity index (χ2n) is 8.98. The number of carbonyl (C=O) groups is 1. The highest BCUT2D eigenvalue weighted by Gasteiger charge is 2.52. The molecule has 3 aliphatic rings. The smallest absolute Gasteiger partial charge is 0.141 e. The van der Waals surface area contributed by atoms with Crippen LogP contribution in [-0.2, 0) is 22.2 Å². The standard InChI is InChI=1S/C24H27NO2/c1-23(9-10-23)18-5-8-20-21(13-18)24(11-12-24)16-25(22(20)15-26)14-17-3-6-19(27-2)7-4-17/h3-8,13,15,22H,9-12,14,16H2,1-2H3. The van der Waals surface area contributed by atoms with Crippen LogP contribution in [0.25, 0.3) is 0 Å². The lowest BCUT2D eigenvalue weighted by atomic mass is 9.80. The number of hydrogen-bond acceptors (Lipinski definition) is 3. The van der Waals surface area contributed by atoms with Crippen molar-refractivity contribution in [3.8, 4) is 5.75 Å². The van der Waals surface area contributed by atoms with Crippen molar-refractivity contribution in [3.63, 3.8) is 0 Å². The van der Waals surface area contributed by atoms with Crippen LogP contribution in [0.15, 0.2) is 42.5 Å². The first-order valence-corrected chi connectivity index (χ1v) is 10.0. The molecule has 0 N–H and O–H groups in total. The van der Waals surface area contributed by atoms with Crippen LogP contribution in [0.2, 0.25) is 0 Å². The van der Waals surface area contributed by atoms with E-state index in [9.17, 15) is 4.79 Å². The van der Waals surface area contributed by atoms with Gasteiger partial charge in [-0.2, -0.15) is 0 Å². The average Bonchev–Trinajstić information content (AvgIpc) is 3.62. The third-order valence-electron chi connectivity index (χ3n) is 7.07. The summed E-state index contributed by atoms with van der Waals surface area (Å²) in [6.45, 7) is 4.15. The summed E-state index contributed by atoms with van der Waals surface area (Å²) in [6, 6.07) is 15.0. The van der Waals surface area contributed by atoms with Gasteiger partial charge in [-0.15, -0.1) is 0 Å². The van der Waals surface area contributed by atoms with E-state index in [1.54, 1.807) is 7.11 Å². The SMILES string of the molecule is COc1ccc(CN2CC3(CC3)c3cc(C4(C)CC4)ccc3C2C=O)cc1. The van der Waals surface area contributed by atoms with Gasteiger partial charge in [-0.25, -0.2) is 0 Å². The largest absolute Gasteiger partial charge is 0.497 e. The van der Waals surface area contributed by atoms with Crippen molar-refractivity contribution >= 4 is 6.29 Å². The van der Waals surface area contributed by atoms with Crippen molar-refractivity contribution < 1.29 is 9.53 Å². The summed E-state index contributed by atoms with van der Waals surface area (Å²) in [6.07, 6.45) is 6.20. The molecule has 0 saturated heterocycles. The van der Waals surface area contributed by atoms with Crippen molar-refractivity contribution in [1.29, 1.82) is 0 Å². The molecule has 2 aromatic rings. The fourth-order valence-electron chi connectivity index (χ4n) is 4.75. The molecule has 140 valence electrons. The van der Waals surface area contributed by atoms with Crippen molar-refractivity contribution in [1.82, 2.24) is 4.90 Å². The van der Waals surface area contributed by atoms with Gasteiger partial charge >= 0.3 is 0 Å². The molecule has 1 aliphatic heterocycles. The van der Waals surface area contributed by atoms with E-state index in [4.69, 9.17) is 4.74 Å². The third kappa shape index (κ3) is 2.80. The zero-order valence-corrected chi connectivity index (χ0v) is 16.2. The molecule has 2 aliphatic carbocycles. The van der Waals surface area contributed by atoms with Crippen LogP contribution in [0, 0.1) is 0 Å². The first kappa shape index (κ1) is 17.0. The molecule has 0 amide bonds. The van der Waals surface area contributed by atoms with Gasteiger partial charge in [-0.05, 0) is 65.5 Å². The Morgan fingerprint density at radius 1 is 1.11 bits per heavy atom. The molecular formula is C24H27NO2. The number of fused-ring (bicyclic) bond motifs is 2. The van der Waals surface area contributed by atoms with Crippen LogP contribution in [-0.4, -0.2) is 24.8 Å². The molecule has 2 fully saturated rings. The highest BCUT2D eigenvalue weighted by Crippen LogP contribution is 2.56. The molecule has 1 atom stereocenters. The molecule has 1 spiro atoms. The predicted octanol–water partition coefficient (Wildman–Crippen LogP) is 4.53.